The Hall–Kier alpha value is -3.13. The summed E-state index contributed by atoms with van der Waals surface area (Å²) in [6, 6.07) is 6.31. The Bertz CT molecular complexity index is 901. The summed E-state index contributed by atoms with van der Waals surface area (Å²) in [5.41, 5.74) is -0.0600. The molecule has 0 fully saturated rings. The van der Waals surface area contributed by atoms with Crippen molar-refractivity contribution in [3.63, 3.8) is 0 Å². The minimum atomic E-state index is -1.24. The molecule has 0 aliphatic heterocycles. The van der Waals surface area contributed by atoms with E-state index in [1.54, 1.807) is 0 Å². The van der Waals surface area contributed by atoms with Crippen molar-refractivity contribution in [2.45, 2.75) is 33.7 Å². The normalized spacial score (nSPS) is 9.65. The predicted octanol–water partition coefficient (Wildman–Crippen LogP) is 3.89. The van der Waals surface area contributed by atoms with E-state index in [2.05, 4.69) is 0 Å². The maximum Gasteiger partial charge on any atom is 0.254 e. The number of aliphatic hydroxyl groups is 1. The van der Waals surface area contributed by atoms with Crippen molar-refractivity contribution < 1.29 is 33.0 Å². The number of carbonyl (C=O) groups excluding carboxylic acids is 3. The highest BCUT2D eigenvalue weighted by Crippen LogP contribution is 2.29. The lowest BCUT2D eigenvalue weighted by atomic mass is 10.0. The molecule has 0 aliphatic rings. The number of aliphatic hydroxyl groups excluding tert-OH is 1. The Morgan fingerprint density at radius 2 is 1.35 bits per heavy atom. The zero-order valence-corrected chi connectivity index (χ0v) is 18.8. The maximum atomic E-state index is 14.5. The van der Waals surface area contributed by atoms with Crippen LogP contribution >= 0.6 is 0 Å². The molecule has 0 bridgehead atoms. The molecule has 0 unspecified atom stereocenters. The van der Waals surface area contributed by atoms with Gasteiger partial charge in [0.2, 0.25) is 0 Å². The average Bonchev–Trinajstić information content (AvgIpc) is 2.75. The fourth-order valence-corrected chi connectivity index (χ4v) is 2.86. The van der Waals surface area contributed by atoms with Gasteiger partial charge >= 0.3 is 0 Å². The lowest BCUT2D eigenvalue weighted by Crippen LogP contribution is -2.45. The molecule has 2 aromatic rings. The molecule has 0 aliphatic carbocycles. The summed E-state index contributed by atoms with van der Waals surface area (Å²) < 4.78 is 33.6. The number of ketones is 2. The quantitative estimate of drug-likeness (QED) is 0.693. The molecule has 0 aromatic heterocycles. The van der Waals surface area contributed by atoms with Gasteiger partial charge in [-0.1, -0.05) is 19.9 Å². The monoisotopic (exact) mass is 437 g/mol. The summed E-state index contributed by atoms with van der Waals surface area (Å²) in [7, 11) is 3.69. The Morgan fingerprint density at radius 1 is 0.903 bits per heavy atom. The number of benzene rings is 2. The summed E-state index contributed by atoms with van der Waals surface area (Å²) in [5, 5.41) is 7.00. The Morgan fingerprint density at radius 3 is 1.74 bits per heavy atom. The molecule has 0 saturated heterocycles. The van der Waals surface area contributed by atoms with Crippen LogP contribution in [-0.4, -0.2) is 54.8 Å². The van der Waals surface area contributed by atoms with E-state index in [0.717, 1.165) is 24.1 Å². The number of nitrogens with zero attached hydrogens (tertiary/aromatic N) is 1. The number of likely N-dealkylation sites (N-methyl/N-ethyl adjacent to an activating group) is 1. The Balaban J connectivity index is 0.00000212. The van der Waals surface area contributed by atoms with Gasteiger partial charge in [0.25, 0.3) is 5.91 Å². The van der Waals surface area contributed by atoms with Crippen LogP contribution in [0, 0.1) is 11.6 Å². The number of carbonyl (C=O) groups is 3. The molecule has 0 spiro atoms. The number of rotatable bonds is 6. The molecule has 0 saturated carbocycles. The van der Waals surface area contributed by atoms with Crippen molar-refractivity contribution in [3.8, 4) is 16.9 Å². The Labute approximate surface area is 181 Å². The molecule has 1 amide bonds. The zero-order valence-electron chi connectivity index (χ0n) is 18.8. The topological polar surface area (TPSA) is 83.9 Å². The molecule has 0 radical (unpaired) electrons. The van der Waals surface area contributed by atoms with Crippen LogP contribution in [0.3, 0.4) is 0 Å². The standard InChI is InChI=1S/C20H19F2NO4.C2H6.CH4O/c1-11(24)19(12(2)25)23(3)20(26)13-5-7-15(17(21)9-13)16-8-6-14(27-4)10-18(16)22;2*1-2/h5-10,19H,1-4H3;1-2H3;2H,1H3. The smallest absolute Gasteiger partial charge is 0.254 e. The molecular weight excluding hydrogens is 408 g/mol. The molecule has 6 nitrogen and oxygen atoms in total. The van der Waals surface area contributed by atoms with Crippen LogP contribution in [0.15, 0.2) is 36.4 Å². The maximum absolute atomic E-state index is 14.5. The van der Waals surface area contributed by atoms with Crippen molar-refractivity contribution >= 4 is 17.5 Å². The summed E-state index contributed by atoms with van der Waals surface area (Å²) in [6.45, 7) is 6.40. The first-order valence-corrected chi connectivity index (χ1v) is 9.53. The van der Waals surface area contributed by atoms with Gasteiger partial charge in [-0.25, -0.2) is 8.78 Å². The average molecular weight is 437 g/mol. The van der Waals surface area contributed by atoms with Gasteiger partial charge in [-0.05, 0) is 38.1 Å². The highest BCUT2D eigenvalue weighted by molar-refractivity contribution is 6.09. The van der Waals surface area contributed by atoms with E-state index in [1.165, 1.54) is 52.3 Å². The van der Waals surface area contributed by atoms with Gasteiger partial charge in [-0.3, -0.25) is 14.4 Å². The molecule has 8 heteroatoms. The van der Waals surface area contributed by atoms with Crippen molar-refractivity contribution in [2.24, 2.45) is 0 Å². The first-order valence-electron chi connectivity index (χ1n) is 9.53. The molecule has 170 valence electrons. The fourth-order valence-electron chi connectivity index (χ4n) is 2.86. The summed E-state index contributed by atoms with van der Waals surface area (Å²) in [5.74, 6) is -2.85. The lowest BCUT2D eigenvalue weighted by Gasteiger charge is -2.24. The van der Waals surface area contributed by atoms with Gasteiger partial charge in [-0.2, -0.15) is 0 Å². The van der Waals surface area contributed by atoms with E-state index < -0.39 is 35.1 Å². The first kappa shape index (κ1) is 27.9. The van der Waals surface area contributed by atoms with Gasteiger partial charge in [0.05, 0.1) is 7.11 Å². The molecule has 2 rings (SSSR count). The number of amides is 1. The molecule has 2 aromatic carbocycles. The second kappa shape index (κ2) is 13.2. The minimum Gasteiger partial charge on any atom is -0.497 e. The number of Topliss-reactive ketones (excluding diaryl/α,β-unsaturated/α-hetero) is 2. The largest absolute Gasteiger partial charge is 0.497 e. The summed E-state index contributed by atoms with van der Waals surface area (Å²) in [6.07, 6.45) is 0. The number of halogens is 2. The molecule has 0 atom stereocenters. The van der Waals surface area contributed by atoms with Crippen molar-refractivity contribution in [1.82, 2.24) is 4.90 Å². The van der Waals surface area contributed by atoms with E-state index in [9.17, 15) is 23.2 Å². The van der Waals surface area contributed by atoms with Crippen LogP contribution in [-0.2, 0) is 9.59 Å². The number of methoxy groups -OCH3 is 1. The third kappa shape index (κ3) is 6.96. The zero-order chi connectivity index (χ0) is 24.3. The molecular formula is C23H29F2NO5. The van der Waals surface area contributed by atoms with Crippen LogP contribution < -0.4 is 4.74 Å². The van der Waals surface area contributed by atoms with Gasteiger partial charge < -0.3 is 14.7 Å². The molecule has 31 heavy (non-hydrogen) atoms. The van der Waals surface area contributed by atoms with Crippen molar-refractivity contribution in [1.29, 1.82) is 0 Å². The molecule has 1 N–H and O–H groups in total. The van der Waals surface area contributed by atoms with Gasteiger partial charge in [-0.15, -0.1) is 0 Å². The third-order valence-corrected chi connectivity index (χ3v) is 4.16. The highest BCUT2D eigenvalue weighted by atomic mass is 19.1. The van der Waals surface area contributed by atoms with E-state index in [0.29, 0.717) is 5.75 Å². The number of hydrogen-bond donors (Lipinski definition) is 1. The Kier molecular flexibility index (Phi) is 11.9. The fraction of sp³-hybridized carbons (Fsp3) is 0.348. The molecule has 0 heterocycles. The minimum absolute atomic E-state index is 0.0194. The van der Waals surface area contributed by atoms with Crippen molar-refractivity contribution in [3.05, 3.63) is 53.6 Å². The first-order chi connectivity index (χ1) is 14.7. The van der Waals surface area contributed by atoms with Crippen LogP contribution in [0.4, 0.5) is 8.78 Å². The van der Waals surface area contributed by atoms with Crippen LogP contribution in [0.1, 0.15) is 38.1 Å². The second-order valence-electron chi connectivity index (χ2n) is 6.08. The van der Waals surface area contributed by atoms with Gasteiger partial charge in [0.15, 0.2) is 11.6 Å². The van der Waals surface area contributed by atoms with E-state index in [4.69, 9.17) is 9.84 Å². The van der Waals surface area contributed by atoms with Gasteiger partial charge in [0, 0.05) is 36.9 Å². The van der Waals surface area contributed by atoms with Crippen LogP contribution in [0.5, 0.6) is 5.75 Å². The lowest BCUT2D eigenvalue weighted by molar-refractivity contribution is -0.130. The summed E-state index contributed by atoms with van der Waals surface area (Å²) >= 11 is 0. The van der Waals surface area contributed by atoms with E-state index >= 15 is 0 Å². The summed E-state index contributed by atoms with van der Waals surface area (Å²) in [4.78, 5) is 36.7. The highest BCUT2D eigenvalue weighted by Gasteiger charge is 2.29. The van der Waals surface area contributed by atoms with Crippen LogP contribution in [0.2, 0.25) is 0 Å². The van der Waals surface area contributed by atoms with Gasteiger partial charge in [0.1, 0.15) is 23.4 Å². The van der Waals surface area contributed by atoms with E-state index in [-0.39, 0.29) is 16.7 Å². The predicted molar refractivity (Wildman–Crippen MR) is 115 cm³/mol. The SMILES string of the molecule is CC.CO.COc1ccc(-c2ccc(C(=O)N(C)C(C(C)=O)C(C)=O)cc2F)c(F)c1. The van der Waals surface area contributed by atoms with Crippen LogP contribution in [0.25, 0.3) is 11.1 Å². The second-order valence-corrected chi connectivity index (χ2v) is 6.08. The number of hydrogen-bond acceptors (Lipinski definition) is 5. The van der Waals surface area contributed by atoms with Crippen molar-refractivity contribution in [2.75, 3.05) is 21.3 Å². The third-order valence-electron chi connectivity index (χ3n) is 4.16. The number of ether oxygens (including phenoxy) is 1. The van der Waals surface area contributed by atoms with E-state index in [1.807, 2.05) is 13.8 Å².